The summed E-state index contributed by atoms with van der Waals surface area (Å²) in [5.74, 6) is 0.141. The van der Waals surface area contributed by atoms with E-state index in [0.29, 0.717) is 5.41 Å². The van der Waals surface area contributed by atoms with Gasteiger partial charge in [-0.1, -0.05) is 0 Å². The number of hydrogen-bond acceptors (Lipinski definition) is 3. The highest BCUT2D eigenvalue weighted by atomic mass is 16.5. The molecule has 1 fully saturated rings. The number of ether oxygens (including phenoxy) is 1. The molecule has 1 atom stereocenters. The molecule has 1 amide bonds. The Hall–Kier alpha value is -0.610. The predicted molar refractivity (Wildman–Crippen MR) is 64.3 cm³/mol. The Morgan fingerprint density at radius 1 is 1.50 bits per heavy atom. The Morgan fingerprint density at radius 3 is 2.56 bits per heavy atom. The lowest BCUT2D eigenvalue weighted by Crippen LogP contribution is -2.43. The largest absolute Gasteiger partial charge is 0.385 e. The van der Waals surface area contributed by atoms with Gasteiger partial charge in [-0.3, -0.25) is 4.79 Å². The number of carbonyl (C=O) groups is 1. The zero-order valence-electron chi connectivity index (χ0n) is 10.9. The van der Waals surface area contributed by atoms with E-state index in [2.05, 4.69) is 5.32 Å². The van der Waals surface area contributed by atoms with Crippen LogP contribution in [-0.4, -0.2) is 51.2 Å². The Morgan fingerprint density at radius 2 is 2.12 bits per heavy atom. The van der Waals surface area contributed by atoms with Crippen LogP contribution in [0.2, 0.25) is 0 Å². The molecule has 1 rings (SSSR count). The second-order valence-electron chi connectivity index (χ2n) is 5.08. The van der Waals surface area contributed by atoms with Crippen LogP contribution in [0.25, 0.3) is 0 Å². The first-order chi connectivity index (χ1) is 7.51. The molecule has 0 aliphatic heterocycles. The lowest BCUT2D eigenvalue weighted by Gasteiger charge is -2.21. The molecule has 0 aromatic heterocycles. The van der Waals surface area contributed by atoms with Crippen molar-refractivity contribution >= 4 is 5.91 Å². The van der Waals surface area contributed by atoms with Crippen LogP contribution in [0.3, 0.4) is 0 Å². The minimum absolute atomic E-state index is 0.0879. The van der Waals surface area contributed by atoms with Crippen molar-refractivity contribution in [1.82, 2.24) is 10.2 Å². The summed E-state index contributed by atoms with van der Waals surface area (Å²) in [6.45, 7) is 3.67. The molecule has 4 nitrogen and oxygen atoms in total. The van der Waals surface area contributed by atoms with E-state index in [4.69, 9.17) is 4.74 Å². The fourth-order valence-electron chi connectivity index (χ4n) is 1.85. The van der Waals surface area contributed by atoms with Gasteiger partial charge in [0, 0.05) is 34.4 Å². The van der Waals surface area contributed by atoms with Crippen LogP contribution in [0.1, 0.15) is 26.2 Å². The first kappa shape index (κ1) is 13.5. The van der Waals surface area contributed by atoms with E-state index in [1.807, 2.05) is 6.92 Å². The molecule has 0 aromatic carbocycles. The third-order valence-corrected chi connectivity index (χ3v) is 3.39. The van der Waals surface area contributed by atoms with Gasteiger partial charge < -0.3 is 15.0 Å². The van der Waals surface area contributed by atoms with E-state index in [-0.39, 0.29) is 11.9 Å². The van der Waals surface area contributed by atoms with Gasteiger partial charge in [-0.15, -0.1) is 0 Å². The smallest absolute Gasteiger partial charge is 0.238 e. The number of nitrogens with one attached hydrogen (secondary N) is 1. The molecular weight excluding hydrogens is 204 g/mol. The molecular formula is C12H24N2O2. The zero-order valence-corrected chi connectivity index (χ0v) is 10.9. The van der Waals surface area contributed by atoms with E-state index < -0.39 is 0 Å². The number of rotatable bonds is 7. The average molecular weight is 228 g/mol. The molecule has 94 valence electrons. The van der Waals surface area contributed by atoms with Gasteiger partial charge in [0.05, 0.1) is 6.04 Å². The Kier molecular flexibility index (Phi) is 4.74. The standard InChI is InChI=1S/C12H24N2O2/c1-10(11(15)14(2)3)13-9-12(5-6-12)7-8-16-4/h10,13H,5-9H2,1-4H3. The highest BCUT2D eigenvalue weighted by molar-refractivity contribution is 5.80. The Labute approximate surface area is 98.3 Å². The molecule has 0 aromatic rings. The molecule has 1 N–H and O–H groups in total. The van der Waals surface area contributed by atoms with E-state index in [0.717, 1.165) is 19.6 Å². The van der Waals surface area contributed by atoms with E-state index >= 15 is 0 Å². The summed E-state index contributed by atoms with van der Waals surface area (Å²) in [6.07, 6.45) is 3.61. The average Bonchev–Trinajstić information content (AvgIpc) is 3.02. The molecule has 1 aliphatic carbocycles. The minimum atomic E-state index is -0.0879. The zero-order chi connectivity index (χ0) is 12.2. The molecule has 0 heterocycles. The van der Waals surface area contributed by atoms with Gasteiger partial charge in [0.15, 0.2) is 0 Å². The minimum Gasteiger partial charge on any atom is -0.385 e. The fraction of sp³-hybridized carbons (Fsp3) is 0.917. The van der Waals surface area contributed by atoms with Crippen LogP contribution in [0.15, 0.2) is 0 Å². The number of hydrogen-bond donors (Lipinski definition) is 1. The van der Waals surface area contributed by atoms with E-state index in [9.17, 15) is 4.79 Å². The van der Waals surface area contributed by atoms with Crippen molar-refractivity contribution in [3.05, 3.63) is 0 Å². The van der Waals surface area contributed by atoms with E-state index in [1.54, 1.807) is 26.1 Å². The summed E-state index contributed by atoms with van der Waals surface area (Å²) >= 11 is 0. The topological polar surface area (TPSA) is 41.6 Å². The quantitative estimate of drug-likeness (QED) is 0.703. The molecule has 0 bridgehead atoms. The van der Waals surface area contributed by atoms with Crippen molar-refractivity contribution in [1.29, 1.82) is 0 Å². The highest BCUT2D eigenvalue weighted by Gasteiger charge is 2.42. The van der Waals surface area contributed by atoms with Crippen molar-refractivity contribution in [3.63, 3.8) is 0 Å². The summed E-state index contributed by atoms with van der Waals surface area (Å²) in [7, 11) is 5.32. The van der Waals surface area contributed by atoms with Crippen molar-refractivity contribution in [3.8, 4) is 0 Å². The number of amides is 1. The van der Waals surface area contributed by atoms with Gasteiger partial charge >= 0.3 is 0 Å². The molecule has 1 saturated carbocycles. The second-order valence-corrected chi connectivity index (χ2v) is 5.08. The van der Waals surface area contributed by atoms with Crippen LogP contribution in [0.5, 0.6) is 0 Å². The first-order valence-electron chi connectivity index (χ1n) is 5.94. The summed E-state index contributed by atoms with van der Waals surface area (Å²) in [5, 5.41) is 3.33. The number of nitrogens with zero attached hydrogens (tertiary/aromatic N) is 1. The van der Waals surface area contributed by atoms with Crippen LogP contribution in [0, 0.1) is 5.41 Å². The van der Waals surface area contributed by atoms with Crippen LogP contribution in [0.4, 0.5) is 0 Å². The molecule has 0 saturated heterocycles. The van der Waals surface area contributed by atoms with Gasteiger partial charge in [-0.2, -0.15) is 0 Å². The summed E-state index contributed by atoms with van der Waals surface area (Å²) in [5.41, 5.74) is 0.400. The molecule has 16 heavy (non-hydrogen) atoms. The highest BCUT2D eigenvalue weighted by Crippen LogP contribution is 2.48. The van der Waals surface area contributed by atoms with Crippen LogP contribution >= 0.6 is 0 Å². The van der Waals surface area contributed by atoms with Gasteiger partial charge in [-0.05, 0) is 31.6 Å². The monoisotopic (exact) mass is 228 g/mol. The summed E-state index contributed by atoms with van der Waals surface area (Å²) in [4.78, 5) is 13.3. The third kappa shape index (κ3) is 3.76. The van der Waals surface area contributed by atoms with Crippen molar-refractivity contribution < 1.29 is 9.53 Å². The van der Waals surface area contributed by atoms with Crippen LogP contribution < -0.4 is 5.32 Å². The Balaban J connectivity index is 2.26. The maximum Gasteiger partial charge on any atom is 0.238 e. The SMILES string of the molecule is COCCC1(CNC(C)C(=O)N(C)C)CC1. The van der Waals surface area contributed by atoms with Gasteiger partial charge in [-0.25, -0.2) is 0 Å². The molecule has 0 radical (unpaired) electrons. The molecule has 0 spiro atoms. The third-order valence-electron chi connectivity index (χ3n) is 3.39. The maximum absolute atomic E-state index is 11.6. The Bertz CT molecular complexity index is 237. The first-order valence-corrected chi connectivity index (χ1v) is 5.94. The molecule has 1 unspecified atom stereocenters. The number of likely N-dealkylation sites (N-methyl/N-ethyl adjacent to an activating group) is 1. The maximum atomic E-state index is 11.6. The molecule has 1 aliphatic rings. The predicted octanol–water partition coefficient (Wildman–Crippen LogP) is 0.869. The van der Waals surface area contributed by atoms with Gasteiger partial charge in [0.1, 0.15) is 0 Å². The van der Waals surface area contributed by atoms with E-state index in [1.165, 1.54) is 12.8 Å². The lowest BCUT2D eigenvalue weighted by atomic mass is 10.0. The fourth-order valence-corrected chi connectivity index (χ4v) is 1.85. The van der Waals surface area contributed by atoms with Crippen LogP contribution in [-0.2, 0) is 9.53 Å². The number of methoxy groups -OCH3 is 1. The lowest BCUT2D eigenvalue weighted by molar-refractivity contribution is -0.130. The summed E-state index contributed by atoms with van der Waals surface area (Å²) < 4.78 is 5.11. The summed E-state index contributed by atoms with van der Waals surface area (Å²) in [6, 6.07) is -0.0879. The van der Waals surface area contributed by atoms with Crippen molar-refractivity contribution in [2.24, 2.45) is 5.41 Å². The second kappa shape index (κ2) is 5.64. The van der Waals surface area contributed by atoms with Crippen molar-refractivity contribution in [2.45, 2.75) is 32.2 Å². The van der Waals surface area contributed by atoms with Crippen molar-refractivity contribution in [2.75, 3.05) is 34.4 Å². The number of carbonyl (C=O) groups excluding carboxylic acids is 1. The molecule has 4 heteroatoms. The van der Waals surface area contributed by atoms with Gasteiger partial charge in [0.2, 0.25) is 5.91 Å². The normalized spacial score (nSPS) is 19.2. The van der Waals surface area contributed by atoms with Gasteiger partial charge in [0.25, 0.3) is 0 Å².